The molecule has 0 radical (unpaired) electrons. The van der Waals surface area contributed by atoms with Crippen LogP contribution in [0.5, 0.6) is 0 Å². The lowest BCUT2D eigenvalue weighted by Crippen LogP contribution is -2.48. The van der Waals surface area contributed by atoms with Crippen molar-refractivity contribution < 1.29 is 20.1 Å². The van der Waals surface area contributed by atoms with Crippen LogP contribution in [0.15, 0.2) is 48.6 Å². The highest BCUT2D eigenvalue weighted by atomic mass is 16.3. The number of rotatable bonds is 46. The maximum atomic E-state index is 12.5. The van der Waals surface area contributed by atoms with Crippen LogP contribution in [0, 0.1) is 0 Å². The molecule has 0 heterocycles. The van der Waals surface area contributed by atoms with Crippen LogP contribution >= 0.6 is 0 Å². The zero-order valence-electron chi connectivity index (χ0n) is 38.7. The van der Waals surface area contributed by atoms with Crippen molar-refractivity contribution in [1.82, 2.24) is 5.32 Å². The smallest absolute Gasteiger partial charge is 0.249 e. The van der Waals surface area contributed by atoms with Gasteiger partial charge < -0.3 is 20.6 Å². The fourth-order valence-electron chi connectivity index (χ4n) is 7.62. The van der Waals surface area contributed by atoms with Gasteiger partial charge in [-0.2, -0.15) is 0 Å². The van der Waals surface area contributed by atoms with Crippen molar-refractivity contribution >= 4 is 5.91 Å². The summed E-state index contributed by atoms with van der Waals surface area (Å²) in [6, 6.07) is -0.822. The van der Waals surface area contributed by atoms with Crippen LogP contribution in [0.3, 0.4) is 0 Å². The summed E-state index contributed by atoms with van der Waals surface area (Å²) in [6.07, 6.45) is 63.1. The summed E-state index contributed by atoms with van der Waals surface area (Å²) in [7, 11) is 0. The first-order chi connectivity index (χ1) is 28.6. The summed E-state index contributed by atoms with van der Waals surface area (Å²) in [5.41, 5.74) is 0. The Morgan fingerprint density at radius 1 is 0.414 bits per heavy atom. The monoisotopic (exact) mass is 814 g/mol. The summed E-state index contributed by atoms with van der Waals surface area (Å²) < 4.78 is 0. The minimum Gasteiger partial charge on any atom is -0.394 e. The third-order valence-corrected chi connectivity index (χ3v) is 11.6. The molecule has 3 atom stereocenters. The molecule has 0 aliphatic heterocycles. The van der Waals surface area contributed by atoms with Gasteiger partial charge in [-0.1, -0.05) is 236 Å². The SMILES string of the molecule is CCCCCCCCC/C=C/CC/C=C/CC/C=C/C(O)C(CO)NC(=O)C(O)CCCCCCCCCCCCC/C=C\CCCCCCCCCCCCCC. The normalized spacial score (nSPS) is 13.8. The lowest BCUT2D eigenvalue weighted by atomic mass is 10.0. The number of unbranched alkanes of at least 4 members (excludes halogenated alkanes) is 32. The van der Waals surface area contributed by atoms with Crippen molar-refractivity contribution in [3.63, 3.8) is 0 Å². The lowest BCUT2D eigenvalue weighted by molar-refractivity contribution is -0.131. The number of aliphatic hydroxyl groups excluding tert-OH is 3. The van der Waals surface area contributed by atoms with Crippen LogP contribution in [-0.2, 0) is 4.79 Å². The highest BCUT2D eigenvalue weighted by Crippen LogP contribution is 2.15. The molecule has 0 aromatic heterocycles. The van der Waals surface area contributed by atoms with Gasteiger partial charge in [-0.05, 0) is 70.6 Å². The van der Waals surface area contributed by atoms with Crippen LogP contribution in [-0.4, -0.2) is 46.1 Å². The number of hydrogen-bond donors (Lipinski definition) is 4. The van der Waals surface area contributed by atoms with E-state index in [0.717, 1.165) is 44.9 Å². The fraction of sp³-hybridized carbons (Fsp3) is 0.830. The molecule has 0 aromatic rings. The zero-order chi connectivity index (χ0) is 42.3. The van der Waals surface area contributed by atoms with Gasteiger partial charge >= 0.3 is 0 Å². The summed E-state index contributed by atoms with van der Waals surface area (Å²) in [5, 5.41) is 33.2. The Kier molecular flexibility index (Phi) is 46.6. The molecule has 340 valence electrons. The van der Waals surface area contributed by atoms with Gasteiger partial charge in [-0.15, -0.1) is 0 Å². The van der Waals surface area contributed by atoms with Crippen LogP contribution in [0.4, 0.5) is 0 Å². The minimum atomic E-state index is -1.11. The van der Waals surface area contributed by atoms with Crippen molar-refractivity contribution in [1.29, 1.82) is 0 Å². The van der Waals surface area contributed by atoms with E-state index >= 15 is 0 Å². The standard InChI is InChI=1S/C53H99NO4/c1-3-5-7-9-11-13-15-17-19-21-22-23-24-25-26-27-28-29-30-32-34-36-38-40-42-44-46-48-52(57)53(58)54-50(49-55)51(56)47-45-43-41-39-37-35-33-31-20-18-16-14-12-10-8-6-4-2/h20,25-26,31,37,39,45,47,50-52,55-57H,3-19,21-24,27-30,32-36,38,40-44,46,48-49H2,1-2H3,(H,54,58)/b26-25-,31-20+,39-37+,47-45+. The van der Waals surface area contributed by atoms with E-state index in [-0.39, 0.29) is 6.61 Å². The quantitative estimate of drug-likeness (QED) is 0.0364. The molecule has 3 unspecified atom stereocenters. The molecule has 0 fully saturated rings. The van der Waals surface area contributed by atoms with E-state index in [1.54, 1.807) is 6.08 Å². The molecule has 5 heteroatoms. The van der Waals surface area contributed by atoms with Crippen LogP contribution in [0.25, 0.3) is 0 Å². The Hall–Kier alpha value is -1.69. The first-order valence-electron chi connectivity index (χ1n) is 25.5. The summed E-state index contributed by atoms with van der Waals surface area (Å²) in [5.74, 6) is -0.517. The Balaban J connectivity index is 3.64. The molecular formula is C53H99NO4. The molecule has 4 N–H and O–H groups in total. The molecule has 0 aromatic carbocycles. The first-order valence-corrected chi connectivity index (χ1v) is 25.5. The number of carbonyl (C=O) groups excluding carboxylic acids is 1. The van der Waals surface area contributed by atoms with Gasteiger partial charge in [-0.3, -0.25) is 4.79 Å². The molecule has 0 spiro atoms. The van der Waals surface area contributed by atoms with E-state index in [0.29, 0.717) is 6.42 Å². The van der Waals surface area contributed by atoms with Gasteiger partial charge in [0.1, 0.15) is 6.10 Å². The number of hydrogen-bond acceptors (Lipinski definition) is 4. The topological polar surface area (TPSA) is 89.8 Å². The molecule has 58 heavy (non-hydrogen) atoms. The Morgan fingerprint density at radius 2 is 0.707 bits per heavy atom. The Bertz CT molecular complexity index is 943. The van der Waals surface area contributed by atoms with Crippen molar-refractivity contribution in [2.75, 3.05) is 6.61 Å². The van der Waals surface area contributed by atoms with Crippen LogP contribution in [0.1, 0.15) is 258 Å². The zero-order valence-corrected chi connectivity index (χ0v) is 38.7. The molecule has 0 saturated heterocycles. The molecular weight excluding hydrogens is 715 g/mol. The van der Waals surface area contributed by atoms with E-state index in [1.807, 2.05) is 6.08 Å². The second-order valence-electron chi connectivity index (χ2n) is 17.4. The van der Waals surface area contributed by atoms with Crippen molar-refractivity contribution in [2.24, 2.45) is 0 Å². The maximum Gasteiger partial charge on any atom is 0.249 e. The largest absolute Gasteiger partial charge is 0.394 e. The van der Waals surface area contributed by atoms with Crippen molar-refractivity contribution in [3.05, 3.63) is 48.6 Å². The van der Waals surface area contributed by atoms with E-state index in [1.165, 1.54) is 193 Å². The van der Waals surface area contributed by atoms with E-state index < -0.39 is 24.2 Å². The van der Waals surface area contributed by atoms with Crippen LogP contribution in [0.2, 0.25) is 0 Å². The van der Waals surface area contributed by atoms with Crippen LogP contribution < -0.4 is 5.32 Å². The van der Waals surface area contributed by atoms with Gasteiger partial charge in [0.05, 0.1) is 18.8 Å². The molecule has 0 bridgehead atoms. The van der Waals surface area contributed by atoms with Crippen molar-refractivity contribution in [2.45, 2.75) is 276 Å². The summed E-state index contributed by atoms with van der Waals surface area (Å²) in [4.78, 5) is 12.5. The summed E-state index contributed by atoms with van der Waals surface area (Å²) in [6.45, 7) is 4.17. The molecule has 0 aliphatic carbocycles. The number of allylic oxidation sites excluding steroid dienone is 7. The molecule has 0 rings (SSSR count). The number of amides is 1. The minimum absolute atomic E-state index is 0.382. The average Bonchev–Trinajstić information content (AvgIpc) is 3.23. The summed E-state index contributed by atoms with van der Waals surface area (Å²) >= 11 is 0. The molecule has 0 aliphatic rings. The van der Waals surface area contributed by atoms with E-state index in [2.05, 4.69) is 55.6 Å². The Morgan fingerprint density at radius 3 is 1.05 bits per heavy atom. The average molecular weight is 814 g/mol. The maximum absolute atomic E-state index is 12.5. The number of aliphatic hydroxyl groups is 3. The number of carbonyl (C=O) groups is 1. The first kappa shape index (κ1) is 56.3. The molecule has 1 amide bonds. The lowest BCUT2D eigenvalue weighted by Gasteiger charge is -2.21. The third kappa shape index (κ3) is 42.4. The number of nitrogens with one attached hydrogen (secondary N) is 1. The van der Waals surface area contributed by atoms with Gasteiger partial charge in [0.25, 0.3) is 0 Å². The molecule has 0 saturated carbocycles. The van der Waals surface area contributed by atoms with Gasteiger partial charge in [0.15, 0.2) is 0 Å². The second-order valence-corrected chi connectivity index (χ2v) is 17.4. The highest BCUT2D eigenvalue weighted by molar-refractivity contribution is 5.80. The Labute approximate surface area is 361 Å². The predicted molar refractivity (Wildman–Crippen MR) is 254 cm³/mol. The van der Waals surface area contributed by atoms with E-state index in [9.17, 15) is 20.1 Å². The third-order valence-electron chi connectivity index (χ3n) is 11.6. The van der Waals surface area contributed by atoms with Crippen molar-refractivity contribution in [3.8, 4) is 0 Å². The van der Waals surface area contributed by atoms with Gasteiger partial charge in [0, 0.05) is 0 Å². The highest BCUT2D eigenvalue weighted by Gasteiger charge is 2.22. The fourth-order valence-corrected chi connectivity index (χ4v) is 7.62. The predicted octanol–water partition coefficient (Wildman–Crippen LogP) is 15.3. The molecule has 5 nitrogen and oxygen atoms in total. The van der Waals surface area contributed by atoms with Gasteiger partial charge in [-0.25, -0.2) is 0 Å². The van der Waals surface area contributed by atoms with Gasteiger partial charge in [0.2, 0.25) is 5.91 Å². The van der Waals surface area contributed by atoms with E-state index in [4.69, 9.17) is 0 Å². The second kappa shape index (κ2) is 48.0.